The summed E-state index contributed by atoms with van der Waals surface area (Å²) in [5, 5.41) is 8.58. The number of hydrogen-bond donors (Lipinski definition) is 1. The number of nitrogens with zero attached hydrogens (tertiary/aromatic N) is 2. The Morgan fingerprint density at radius 1 is 1.77 bits per heavy atom. The van der Waals surface area contributed by atoms with Crippen LogP contribution in [0.25, 0.3) is 0 Å². The minimum atomic E-state index is -0.476. The van der Waals surface area contributed by atoms with Gasteiger partial charge >= 0.3 is 0 Å². The molecule has 0 spiro atoms. The van der Waals surface area contributed by atoms with E-state index in [0.29, 0.717) is 32.7 Å². The minimum absolute atomic E-state index is 0.00560. The summed E-state index contributed by atoms with van der Waals surface area (Å²) in [6.45, 7) is 1.73. The molecule has 72 valence electrons. The Bertz CT molecular complexity index is 224. The van der Waals surface area contributed by atoms with Crippen LogP contribution in [0.5, 0.6) is 0 Å². The largest absolute Gasteiger partial charge is 0.360 e. The molecule has 1 rings (SSSR count). The van der Waals surface area contributed by atoms with Gasteiger partial charge < -0.3 is 15.4 Å². The van der Waals surface area contributed by atoms with Gasteiger partial charge in [-0.15, -0.1) is 0 Å². The summed E-state index contributed by atoms with van der Waals surface area (Å²) in [7, 11) is 0. The number of nitrogens with two attached hydrogens (primary N) is 1. The maximum atomic E-state index is 11.3. The van der Waals surface area contributed by atoms with Crippen molar-refractivity contribution in [1.82, 2.24) is 4.90 Å². The van der Waals surface area contributed by atoms with Gasteiger partial charge in [0.2, 0.25) is 5.91 Å². The van der Waals surface area contributed by atoms with E-state index < -0.39 is 6.10 Å². The highest BCUT2D eigenvalue weighted by molar-refractivity contribution is 5.76. The molecule has 0 radical (unpaired) electrons. The fourth-order valence-electron chi connectivity index (χ4n) is 1.24. The maximum Gasteiger partial charge on any atom is 0.224 e. The van der Waals surface area contributed by atoms with E-state index in [2.05, 4.69) is 0 Å². The summed E-state index contributed by atoms with van der Waals surface area (Å²) in [4.78, 5) is 13.0. The van der Waals surface area contributed by atoms with Crippen LogP contribution < -0.4 is 5.73 Å². The second-order valence-electron chi connectivity index (χ2n) is 2.87. The highest BCUT2D eigenvalue weighted by Crippen LogP contribution is 2.05. The molecule has 5 nitrogen and oxygen atoms in total. The SMILES string of the molecule is N#CC1CN(C(=O)CCN)CCO1. The van der Waals surface area contributed by atoms with Gasteiger partial charge in [-0.3, -0.25) is 4.79 Å². The molecule has 1 amide bonds. The summed E-state index contributed by atoms with van der Waals surface area (Å²) in [5.74, 6) is 0.00560. The second kappa shape index (κ2) is 4.80. The Hall–Kier alpha value is -1.12. The highest BCUT2D eigenvalue weighted by atomic mass is 16.5. The minimum Gasteiger partial charge on any atom is -0.360 e. The molecule has 2 N–H and O–H groups in total. The van der Waals surface area contributed by atoms with Gasteiger partial charge in [0, 0.05) is 19.5 Å². The number of rotatable bonds is 2. The lowest BCUT2D eigenvalue weighted by atomic mass is 10.2. The van der Waals surface area contributed by atoms with Crippen molar-refractivity contribution >= 4 is 5.91 Å². The Morgan fingerprint density at radius 3 is 3.15 bits per heavy atom. The third-order valence-corrected chi connectivity index (χ3v) is 1.92. The number of amides is 1. The van der Waals surface area contributed by atoms with Crippen molar-refractivity contribution in [2.75, 3.05) is 26.2 Å². The molecule has 0 aromatic heterocycles. The molecule has 1 unspecified atom stereocenters. The van der Waals surface area contributed by atoms with E-state index >= 15 is 0 Å². The zero-order valence-corrected chi connectivity index (χ0v) is 7.40. The van der Waals surface area contributed by atoms with E-state index in [-0.39, 0.29) is 5.91 Å². The number of carbonyl (C=O) groups excluding carboxylic acids is 1. The molecule has 1 fully saturated rings. The summed E-state index contributed by atoms with van der Waals surface area (Å²) in [5.41, 5.74) is 5.26. The van der Waals surface area contributed by atoms with Crippen LogP contribution in [0.4, 0.5) is 0 Å². The number of hydrogen-bond acceptors (Lipinski definition) is 4. The van der Waals surface area contributed by atoms with Gasteiger partial charge in [-0.2, -0.15) is 5.26 Å². The third kappa shape index (κ3) is 2.68. The highest BCUT2D eigenvalue weighted by Gasteiger charge is 2.22. The predicted molar refractivity (Wildman–Crippen MR) is 45.6 cm³/mol. The van der Waals surface area contributed by atoms with Crippen molar-refractivity contribution in [1.29, 1.82) is 5.26 Å². The van der Waals surface area contributed by atoms with Crippen molar-refractivity contribution in [3.63, 3.8) is 0 Å². The van der Waals surface area contributed by atoms with Crippen molar-refractivity contribution in [3.05, 3.63) is 0 Å². The van der Waals surface area contributed by atoms with E-state index in [9.17, 15) is 4.79 Å². The van der Waals surface area contributed by atoms with Crippen LogP contribution in [0, 0.1) is 11.3 Å². The summed E-state index contributed by atoms with van der Waals surface area (Å²) in [6.07, 6.45) is -0.131. The molecule has 1 heterocycles. The molecule has 0 saturated carbocycles. The molecule has 1 atom stereocenters. The quantitative estimate of drug-likeness (QED) is 0.600. The lowest BCUT2D eigenvalue weighted by Gasteiger charge is -2.29. The molecule has 13 heavy (non-hydrogen) atoms. The lowest BCUT2D eigenvalue weighted by Crippen LogP contribution is -2.45. The second-order valence-corrected chi connectivity index (χ2v) is 2.87. The van der Waals surface area contributed by atoms with Gasteiger partial charge in [0.05, 0.1) is 19.2 Å². The molecule has 0 aliphatic carbocycles. The van der Waals surface area contributed by atoms with Crippen molar-refractivity contribution in [2.45, 2.75) is 12.5 Å². The van der Waals surface area contributed by atoms with Crippen molar-refractivity contribution in [3.8, 4) is 6.07 Å². The molecule has 1 saturated heterocycles. The van der Waals surface area contributed by atoms with Crippen LogP contribution in [0.15, 0.2) is 0 Å². The van der Waals surface area contributed by atoms with Gasteiger partial charge in [0.25, 0.3) is 0 Å². The topological polar surface area (TPSA) is 79.4 Å². The molecule has 5 heteroatoms. The normalized spacial score (nSPS) is 22.5. The first-order chi connectivity index (χ1) is 6.27. The lowest BCUT2D eigenvalue weighted by molar-refractivity contribution is -0.136. The molecular formula is C8H13N3O2. The van der Waals surface area contributed by atoms with Gasteiger partial charge in [0.1, 0.15) is 0 Å². The van der Waals surface area contributed by atoms with E-state index in [0.717, 1.165) is 0 Å². The third-order valence-electron chi connectivity index (χ3n) is 1.92. The molecular weight excluding hydrogens is 170 g/mol. The average molecular weight is 183 g/mol. The number of carbonyl (C=O) groups is 1. The van der Waals surface area contributed by atoms with Gasteiger partial charge in [-0.25, -0.2) is 0 Å². The zero-order valence-electron chi connectivity index (χ0n) is 7.40. The van der Waals surface area contributed by atoms with Crippen LogP contribution in [0.1, 0.15) is 6.42 Å². The number of nitriles is 1. The maximum absolute atomic E-state index is 11.3. The first-order valence-electron chi connectivity index (χ1n) is 4.27. The summed E-state index contributed by atoms with van der Waals surface area (Å²) in [6, 6.07) is 1.98. The number of ether oxygens (including phenoxy) is 1. The molecule has 0 bridgehead atoms. The molecule has 0 aromatic carbocycles. The first kappa shape index (κ1) is 9.96. The van der Waals surface area contributed by atoms with E-state index in [4.69, 9.17) is 15.7 Å². The van der Waals surface area contributed by atoms with Gasteiger partial charge in [-0.05, 0) is 0 Å². The number of morpholine rings is 1. The van der Waals surface area contributed by atoms with Gasteiger partial charge in [-0.1, -0.05) is 0 Å². The zero-order chi connectivity index (χ0) is 9.68. The standard InChI is InChI=1S/C8H13N3O2/c9-2-1-8(12)11-3-4-13-7(5-10)6-11/h7H,1-4,6,9H2. The first-order valence-corrected chi connectivity index (χ1v) is 4.27. The Balaban J connectivity index is 2.42. The van der Waals surface area contributed by atoms with Crippen molar-refractivity contribution in [2.24, 2.45) is 5.73 Å². The van der Waals surface area contributed by atoms with E-state index in [1.165, 1.54) is 0 Å². The van der Waals surface area contributed by atoms with Crippen LogP contribution in [0.2, 0.25) is 0 Å². The monoisotopic (exact) mass is 183 g/mol. The van der Waals surface area contributed by atoms with Crippen LogP contribution in [-0.2, 0) is 9.53 Å². The van der Waals surface area contributed by atoms with Crippen molar-refractivity contribution < 1.29 is 9.53 Å². The van der Waals surface area contributed by atoms with Crippen LogP contribution in [0.3, 0.4) is 0 Å². The molecule has 0 aromatic rings. The smallest absolute Gasteiger partial charge is 0.224 e. The van der Waals surface area contributed by atoms with Crippen LogP contribution >= 0.6 is 0 Å². The predicted octanol–water partition coefficient (Wildman–Crippen LogP) is -0.914. The fourth-order valence-corrected chi connectivity index (χ4v) is 1.24. The van der Waals surface area contributed by atoms with Gasteiger partial charge in [0.15, 0.2) is 6.10 Å². The van der Waals surface area contributed by atoms with E-state index in [1.807, 2.05) is 6.07 Å². The Kier molecular flexibility index (Phi) is 3.68. The van der Waals surface area contributed by atoms with Crippen LogP contribution in [-0.4, -0.2) is 43.2 Å². The molecule has 1 aliphatic rings. The Morgan fingerprint density at radius 2 is 2.54 bits per heavy atom. The summed E-state index contributed by atoms with van der Waals surface area (Å²) >= 11 is 0. The average Bonchev–Trinajstić information content (AvgIpc) is 2.18. The summed E-state index contributed by atoms with van der Waals surface area (Å²) < 4.78 is 5.10. The Labute approximate surface area is 77.1 Å². The molecule has 1 aliphatic heterocycles. The fraction of sp³-hybridized carbons (Fsp3) is 0.750. The van der Waals surface area contributed by atoms with E-state index in [1.54, 1.807) is 4.90 Å².